The Bertz CT molecular complexity index is 233. The molecule has 0 amide bonds. The van der Waals surface area contributed by atoms with Gasteiger partial charge in [-0.2, -0.15) is 0 Å². The van der Waals surface area contributed by atoms with Crippen molar-refractivity contribution in [2.24, 2.45) is 11.5 Å². The summed E-state index contributed by atoms with van der Waals surface area (Å²) in [7, 11) is 0. The Labute approximate surface area is 58.7 Å². The van der Waals surface area contributed by atoms with Crippen LogP contribution in [-0.2, 0) is 4.79 Å². The lowest BCUT2D eigenvalue weighted by Crippen LogP contribution is -2.16. The van der Waals surface area contributed by atoms with Crippen LogP contribution in [0.1, 0.15) is 0 Å². The minimum absolute atomic E-state index is 0.194. The third-order valence-corrected chi connectivity index (χ3v) is 1.27. The molecule has 0 heterocycles. The number of rotatable bonds is 0. The van der Waals surface area contributed by atoms with Crippen molar-refractivity contribution in [1.82, 2.24) is 0 Å². The molecule has 0 saturated heterocycles. The van der Waals surface area contributed by atoms with E-state index in [1.807, 2.05) is 0 Å². The Morgan fingerprint density at radius 1 is 1.20 bits per heavy atom. The zero-order chi connectivity index (χ0) is 7.72. The molecule has 1 aliphatic rings. The molecule has 3 nitrogen and oxygen atoms in total. The summed E-state index contributed by atoms with van der Waals surface area (Å²) < 4.78 is 0. The lowest BCUT2D eigenvalue weighted by molar-refractivity contribution is -0.111. The Balaban J connectivity index is 3.03. The number of carbonyl (C=O) groups is 1. The zero-order valence-electron chi connectivity index (χ0n) is 5.42. The number of nitrogens with two attached hydrogens (primary N) is 2. The molecule has 1 aliphatic carbocycles. The number of ketones is 1. The van der Waals surface area contributed by atoms with Crippen LogP contribution in [0.5, 0.6) is 0 Å². The molecule has 3 heteroatoms. The Morgan fingerprint density at radius 3 is 2.30 bits per heavy atom. The van der Waals surface area contributed by atoms with E-state index in [9.17, 15) is 4.79 Å². The molecule has 0 atom stereocenters. The van der Waals surface area contributed by atoms with Gasteiger partial charge in [0.25, 0.3) is 0 Å². The zero-order valence-corrected chi connectivity index (χ0v) is 5.42. The van der Waals surface area contributed by atoms with Gasteiger partial charge < -0.3 is 11.5 Å². The first kappa shape index (κ1) is 6.61. The Hall–Kier alpha value is -1.51. The van der Waals surface area contributed by atoms with E-state index >= 15 is 0 Å². The van der Waals surface area contributed by atoms with Gasteiger partial charge in [0, 0.05) is 11.8 Å². The van der Waals surface area contributed by atoms with E-state index in [0.717, 1.165) is 0 Å². The molecule has 0 saturated carbocycles. The summed E-state index contributed by atoms with van der Waals surface area (Å²) in [6.07, 6.45) is 2.75. The van der Waals surface area contributed by atoms with Gasteiger partial charge in [0.05, 0.1) is 5.70 Å². The molecule has 0 aromatic rings. The molecule has 52 valence electrons. The molecule has 10 heavy (non-hydrogen) atoms. The number of hydrogen-bond donors (Lipinski definition) is 2. The smallest absolute Gasteiger partial charge is 0.203 e. The summed E-state index contributed by atoms with van der Waals surface area (Å²) >= 11 is 0. The van der Waals surface area contributed by atoms with E-state index in [4.69, 9.17) is 11.5 Å². The average molecular weight is 136 g/mol. The highest BCUT2D eigenvalue weighted by Gasteiger charge is 2.10. The molecule has 4 N–H and O–H groups in total. The van der Waals surface area contributed by atoms with E-state index in [2.05, 4.69) is 6.58 Å². The molecule has 0 aromatic carbocycles. The predicted octanol–water partition coefficient (Wildman–Crippen LogP) is -0.189. The number of carbonyl (C=O) groups excluding carboxylic acids is 1. The molecule has 0 spiro atoms. The normalized spacial score (nSPS) is 18.4. The topological polar surface area (TPSA) is 69.1 Å². The van der Waals surface area contributed by atoms with Crippen LogP contribution in [0.2, 0.25) is 0 Å². The van der Waals surface area contributed by atoms with E-state index in [1.54, 1.807) is 0 Å². The lowest BCUT2D eigenvalue weighted by atomic mass is 10.1. The van der Waals surface area contributed by atoms with Crippen LogP contribution >= 0.6 is 0 Å². The van der Waals surface area contributed by atoms with Crippen molar-refractivity contribution in [2.45, 2.75) is 0 Å². The fourth-order valence-corrected chi connectivity index (χ4v) is 0.659. The van der Waals surface area contributed by atoms with Crippen molar-refractivity contribution in [2.75, 3.05) is 0 Å². The van der Waals surface area contributed by atoms with Gasteiger partial charge in [-0.05, 0) is 11.6 Å². The quantitative estimate of drug-likeness (QED) is 0.485. The maximum atomic E-state index is 10.8. The molecule has 0 fully saturated rings. The molecular weight excluding hydrogens is 128 g/mol. The average Bonchev–Trinajstić information content (AvgIpc) is 1.84. The van der Waals surface area contributed by atoms with Gasteiger partial charge >= 0.3 is 0 Å². The number of allylic oxidation sites excluding steroid dienone is 2. The molecular formula is C7H8N2O. The van der Waals surface area contributed by atoms with Crippen molar-refractivity contribution < 1.29 is 4.79 Å². The van der Waals surface area contributed by atoms with Gasteiger partial charge in [0.1, 0.15) is 0 Å². The molecule has 0 radical (unpaired) electrons. The molecule has 0 bridgehead atoms. The third kappa shape index (κ3) is 0.932. The van der Waals surface area contributed by atoms with Crippen LogP contribution in [0.4, 0.5) is 0 Å². The first-order valence-corrected chi connectivity index (χ1v) is 2.79. The van der Waals surface area contributed by atoms with Crippen molar-refractivity contribution in [3.05, 3.63) is 35.7 Å². The van der Waals surface area contributed by atoms with E-state index in [1.165, 1.54) is 12.2 Å². The monoisotopic (exact) mass is 136 g/mol. The fraction of sp³-hybridized carbons (Fsp3) is 0. The summed E-state index contributed by atoms with van der Waals surface area (Å²) in [6, 6.07) is 0. The molecule has 1 rings (SSSR count). The second-order valence-electron chi connectivity index (χ2n) is 2.09. The van der Waals surface area contributed by atoms with Crippen LogP contribution in [0.15, 0.2) is 35.7 Å². The minimum atomic E-state index is -0.245. The minimum Gasteiger partial charge on any atom is -0.398 e. The summed E-state index contributed by atoms with van der Waals surface area (Å²) in [5.41, 5.74) is 11.8. The van der Waals surface area contributed by atoms with Crippen molar-refractivity contribution in [3.8, 4) is 0 Å². The number of hydrogen-bond acceptors (Lipinski definition) is 3. The predicted molar refractivity (Wildman–Crippen MR) is 38.7 cm³/mol. The Kier molecular flexibility index (Phi) is 1.34. The summed E-state index contributed by atoms with van der Waals surface area (Å²) in [6.45, 7) is 3.58. The van der Waals surface area contributed by atoms with Gasteiger partial charge in [-0.1, -0.05) is 6.58 Å². The summed E-state index contributed by atoms with van der Waals surface area (Å²) in [5, 5.41) is 0. The highest BCUT2D eigenvalue weighted by atomic mass is 16.1. The van der Waals surface area contributed by atoms with Crippen molar-refractivity contribution in [1.29, 1.82) is 0 Å². The highest BCUT2D eigenvalue weighted by Crippen LogP contribution is 2.11. The first-order valence-electron chi connectivity index (χ1n) is 2.79. The van der Waals surface area contributed by atoms with Crippen LogP contribution < -0.4 is 11.5 Å². The van der Waals surface area contributed by atoms with Crippen LogP contribution in [0, 0.1) is 0 Å². The Morgan fingerprint density at radius 2 is 1.80 bits per heavy atom. The van der Waals surface area contributed by atoms with Gasteiger partial charge in [-0.25, -0.2) is 0 Å². The summed E-state index contributed by atoms with van der Waals surface area (Å²) in [5.74, 6) is -0.245. The van der Waals surface area contributed by atoms with Crippen molar-refractivity contribution in [3.63, 3.8) is 0 Å². The largest absolute Gasteiger partial charge is 0.398 e. The van der Waals surface area contributed by atoms with Crippen LogP contribution in [0.25, 0.3) is 0 Å². The van der Waals surface area contributed by atoms with E-state index in [-0.39, 0.29) is 11.5 Å². The van der Waals surface area contributed by atoms with Gasteiger partial charge in [0.15, 0.2) is 0 Å². The third-order valence-electron chi connectivity index (χ3n) is 1.27. The molecule has 0 aliphatic heterocycles. The van der Waals surface area contributed by atoms with E-state index < -0.39 is 0 Å². The summed E-state index contributed by atoms with van der Waals surface area (Å²) in [4.78, 5) is 10.8. The van der Waals surface area contributed by atoms with Gasteiger partial charge in [-0.15, -0.1) is 0 Å². The molecule has 0 unspecified atom stereocenters. The second kappa shape index (κ2) is 2.02. The van der Waals surface area contributed by atoms with Crippen molar-refractivity contribution >= 4 is 5.78 Å². The maximum absolute atomic E-state index is 10.8. The van der Waals surface area contributed by atoms with Gasteiger partial charge in [0.2, 0.25) is 5.78 Å². The van der Waals surface area contributed by atoms with Crippen LogP contribution in [-0.4, -0.2) is 5.78 Å². The van der Waals surface area contributed by atoms with E-state index in [0.29, 0.717) is 11.3 Å². The second-order valence-corrected chi connectivity index (χ2v) is 2.09. The SMILES string of the molecule is C=C1C=C(N)C(=O)C=C1N. The fourth-order valence-electron chi connectivity index (χ4n) is 0.659. The lowest BCUT2D eigenvalue weighted by Gasteiger charge is -2.07. The molecule has 0 aromatic heterocycles. The maximum Gasteiger partial charge on any atom is 0.203 e. The first-order chi connectivity index (χ1) is 4.61. The highest BCUT2D eigenvalue weighted by molar-refractivity contribution is 6.05. The standard InChI is InChI=1S/C7H8N2O/c1-4-2-6(9)7(10)3-5(4)8/h2-3H,1,8-9H2. The van der Waals surface area contributed by atoms with Gasteiger partial charge in [-0.3, -0.25) is 4.79 Å². The van der Waals surface area contributed by atoms with Crippen LogP contribution in [0.3, 0.4) is 0 Å².